The van der Waals surface area contributed by atoms with E-state index < -0.39 is 0 Å². The van der Waals surface area contributed by atoms with Crippen molar-refractivity contribution in [3.05, 3.63) is 0 Å². The van der Waals surface area contributed by atoms with Gasteiger partial charge in [0.25, 0.3) is 0 Å². The van der Waals surface area contributed by atoms with E-state index in [0.717, 1.165) is 35.8 Å². The molecule has 0 spiro atoms. The molecule has 0 bridgehead atoms. The summed E-state index contributed by atoms with van der Waals surface area (Å²) in [6.07, 6.45) is 20.9. The molecule has 0 heterocycles. The van der Waals surface area contributed by atoms with E-state index >= 15 is 0 Å². The maximum atomic E-state index is 5.56. The van der Waals surface area contributed by atoms with Crippen molar-refractivity contribution >= 4 is 0 Å². The Hall–Kier alpha value is -0.0400. The minimum Gasteiger partial charge on any atom is -0.235 e. The number of rotatable bonds is 2. The van der Waals surface area contributed by atoms with Gasteiger partial charge in [-0.3, -0.25) is 0 Å². The van der Waals surface area contributed by atoms with Gasteiger partial charge in [0, 0.05) is 12.1 Å². The van der Waals surface area contributed by atoms with Crippen molar-refractivity contribution in [3.63, 3.8) is 0 Å². The molecule has 0 aromatic carbocycles. The highest BCUT2D eigenvalue weighted by Gasteiger charge is 2.40. The molecule has 4 aliphatic carbocycles. The number of fused-ring (bicyclic) bond motifs is 2. The Labute approximate surface area is 131 Å². The molecular weight excluding hydrogens is 254 g/mol. The van der Waals surface area contributed by atoms with E-state index in [2.05, 4.69) is 0 Å². The fourth-order valence-corrected chi connectivity index (χ4v) is 6.43. The highest BCUT2D eigenvalue weighted by Crippen LogP contribution is 2.44. The predicted octanol–water partition coefficient (Wildman–Crippen LogP) is 5.31. The van der Waals surface area contributed by atoms with Gasteiger partial charge in [-0.15, -0.1) is 0 Å². The minimum absolute atomic E-state index is 0.759. The molecular formula is C20H34N. The number of nitrogens with zero attached hydrogens (tertiary/aromatic N) is 1. The Balaban J connectivity index is 1.41. The molecule has 119 valence electrons. The predicted molar refractivity (Wildman–Crippen MR) is 88.3 cm³/mol. The van der Waals surface area contributed by atoms with Gasteiger partial charge in [0.1, 0.15) is 0 Å². The third-order valence-electron chi connectivity index (χ3n) is 7.46. The second-order valence-electron chi connectivity index (χ2n) is 8.56. The molecule has 0 aliphatic heterocycles. The quantitative estimate of drug-likeness (QED) is 0.654. The van der Waals surface area contributed by atoms with Crippen molar-refractivity contribution in [1.29, 1.82) is 0 Å². The zero-order valence-corrected chi connectivity index (χ0v) is 13.8. The lowest BCUT2D eigenvalue weighted by molar-refractivity contribution is 0.0708. The van der Waals surface area contributed by atoms with E-state index in [1.807, 2.05) is 0 Å². The van der Waals surface area contributed by atoms with Gasteiger partial charge in [-0.05, 0) is 49.4 Å². The monoisotopic (exact) mass is 288 g/mol. The topological polar surface area (TPSA) is 14.1 Å². The molecule has 21 heavy (non-hydrogen) atoms. The Morgan fingerprint density at radius 1 is 0.429 bits per heavy atom. The lowest BCUT2D eigenvalue weighted by Crippen LogP contribution is -2.48. The molecule has 1 nitrogen and oxygen atoms in total. The van der Waals surface area contributed by atoms with Crippen LogP contribution in [0, 0.1) is 23.7 Å². The summed E-state index contributed by atoms with van der Waals surface area (Å²) < 4.78 is 0. The Morgan fingerprint density at radius 2 is 0.857 bits per heavy atom. The van der Waals surface area contributed by atoms with Crippen LogP contribution >= 0.6 is 0 Å². The van der Waals surface area contributed by atoms with Gasteiger partial charge < -0.3 is 0 Å². The third-order valence-corrected chi connectivity index (χ3v) is 7.46. The van der Waals surface area contributed by atoms with Crippen LogP contribution in [0.4, 0.5) is 0 Å². The van der Waals surface area contributed by atoms with Crippen LogP contribution in [0.1, 0.15) is 89.9 Å². The number of hydrogen-bond acceptors (Lipinski definition) is 0. The zero-order chi connectivity index (χ0) is 14.1. The van der Waals surface area contributed by atoms with Crippen LogP contribution in [-0.2, 0) is 0 Å². The molecule has 0 aromatic rings. The SMILES string of the molecule is C1CCC2C(C1)CCCC2[N]C1CCCC2CCCCC21. The molecule has 4 aliphatic rings. The fourth-order valence-electron chi connectivity index (χ4n) is 6.43. The van der Waals surface area contributed by atoms with Crippen molar-refractivity contribution in [2.75, 3.05) is 0 Å². The first-order valence-corrected chi connectivity index (χ1v) is 10.1. The molecule has 1 radical (unpaired) electrons. The summed E-state index contributed by atoms with van der Waals surface area (Å²) >= 11 is 0. The average Bonchev–Trinajstić information content (AvgIpc) is 2.56. The summed E-state index contributed by atoms with van der Waals surface area (Å²) in [7, 11) is 0. The van der Waals surface area contributed by atoms with Crippen molar-refractivity contribution in [1.82, 2.24) is 5.32 Å². The van der Waals surface area contributed by atoms with E-state index in [1.165, 1.54) is 89.9 Å². The summed E-state index contributed by atoms with van der Waals surface area (Å²) in [5.41, 5.74) is 0. The van der Waals surface area contributed by atoms with E-state index in [9.17, 15) is 0 Å². The smallest absolute Gasteiger partial charge is 0.0280 e. The van der Waals surface area contributed by atoms with E-state index in [1.54, 1.807) is 0 Å². The second kappa shape index (κ2) is 6.60. The van der Waals surface area contributed by atoms with Crippen molar-refractivity contribution in [2.45, 2.75) is 102 Å². The summed E-state index contributed by atoms with van der Waals surface area (Å²) in [5.74, 6) is 4.06. The lowest BCUT2D eigenvalue weighted by atomic mass is 9.66. The molecule has 4 rings (SSSR count). The van der Waals surface area contributed by atoms with E-state index in [4.69, 9.17) is 5.32 Å². The van der Waals surface area contributed by atoms with Gasteiger partial charge in [0.2, 0.25) is 0 Å². The zero-order valence-electron chi connectivity index (χ0n) is 13.8. The van der Waals surface area contributed by atoms with E-state index in [-0.39, 0.29) is 0 Å². The Bertz CT molecular complexity index is 303. The molecule has 0 aromatic heterocycles. The Morgan fingerprint density at radius 3 is 1.38 bits per heavy atom. The molecule has 6 unspecified atom stereocenters. The van der Waals surface area contributed by atoms with Gasteiger partial charge >= 0.3 is 0 Å². The standard InChI is InChI=1S/C20H34N/c1-3-11-17-15(7-1)9-5-13-19(17)21-20-14-6-10-16-8-2-4-12-18(16)20/h15-20H,1-14H2. The molecule has 4 fully saturated rings. The largest absolute Gasteiger partial charge is 0.235 e. The van der Waals surface area contributed by atoms with Crippen molar-refractivity contribution in [2.24, 2.45) is 23.7 Å². The second-order valence-corrected chi connectivity index (χ2v) is 8.56. The van der Waals surface area contributed by atoms with Gasteiger partial charge in [-0.25, -0.2) is 5.32 Å². The van der Waals surface area contributed by atoms with Crippen LogP contribution in [0.2, 0.25) is 0 Å². The van der Waals surface area contributed by atoms with Crippen LogP contribution in [0.5, 0.6) is 0 Å². The van der Waals surface area contributed by atoms with Gasteiger partial charge in [-0.2, -0.15) is 0 Å². The summed E-state index contributed by atoms with van der Waals surface area (Å²) in [6, 6.07) is 1.52. The number of hydrogen-bond donors (Lipinski definition) is 0. The normalized spacial score (nSPS) is 47.4. The average molecular weight is 288 g/mol. The maximum Gasteiger partial charge on any atom is 0.0280 e. The summed E-state index contributed by atoms with van der Waals surface area (Å²) in [5, 5.41) is 5.56. The third kappa shape index (κ3) is 3.05. The van der Waals surface area contributed by atoms with Crippen LogP contribution in [0.3, 0.4) is 0 Å². The molecule has 4 saturated carbocycles. The van der Waals surface area contributed by atoms with Crippen molar-refractivity contribution in [3.8, 4) is 0 Å². The molecule has 0 amide bonds. The molecule has 0 saturated heterocycles. The van der Waals surface area contributed by atoms with Gasteiger partial charge in [0.15, 0.2) is 0 Å². The minimum atomic E-state index is 0.759. The molecule has 0 N–H and O–H groups in total. The van der Waals surface area contributed by atoms with Crippen LogP contribution < -0.4 is 5.32 Å². The fraction of sp³-hybridized carbons (Fsp3) is 1.00. The molecule has 1 heteroatoms. The summed E-state index contributed by atoms with van der Waals surface area (Å²) in [4.78, 5) is 0. The summed E-state index contributed by atoms with van der Waals surface area (Å²) in [6.45, 7) is 0. The van der Waals surface area contributed by atoms with E-state index in [0.29, 0.717) is 0 Å². The highest BCUT2D eigenvalue weighted by atomic mass is 15.0. The highest BCUT2D eigenvalue weighted by molar-refractivity contribution is 4.95. The first-order chi connectivity index (χ1) is 10.4. The first-order valence-electron chi connectivity index (χ1n) is 10.1. The van der Waals surface area contributed by atoms with Crippen LogP contribution in [0.25, 0.3) is 0 Å². The van der Waals surface area contributed by atoms with Crippen molar-refractivity contribution < 1.29 is 0 Å². The Kier molecular flexibility index (Phi) is 4.57. The van der Waals surface area contributed by atoms with Gasteiger partial charge in [-0.1, -0.05) is 64.2 Å². The van der Waals surface area contributed by atoms with Crippen LogP contribution in [0.15, 0.2) is 0 Å². The van der Waals surface area contributed by atoms with Crippen LogP contribution in [-0.4, -0.2) is 12.1 Å². The first kappa shape index (κ1) is 14.5. The molecule has 6 atom stereocenters. The maximum absolute atomic E-state index is 5.56. The lowest BCUT2D eigenvalue weighted by Gasteiger charge is -2.46. The van der Waals surface area contributed by atoms with Gasteiger partial charge in [0.05, 0.1) is 0 Å².